The van der Waals surface area contributed by atoms with Crippen LogP contribution < -0.4 is 16.6 Å². The van der Waals surface area contributed by atoms with Crippen molar-refractivity contribution in [1.82, 2.24) is 0 Å². The Morgan fingerprint density at radius 3 is 2.43 bits per heavy atom. The molecule has 2 aromatic rings. The van der Waals surface area contributed by atoms with E-state index in [4.69, 9.17) is 5.84 Å². The Morgan fingerprint density at radius 2 is 1.81 bits per heavy atom. The molecule has 0 aliphatic carbocycles. The van der Waals surface area contributed by atoms with Crippen LogP contribution in [-0.2, 0) is 0 Å². The van der Waals surface area contributed by atoms with Gasteiger partial charge in [0.05, 0.1) is 4.92 Å². The van der Waals surface area contributed by atoms with Gasteiger partial charge in [-0.1, -0.05) is 32.0 Å². The van der Waals surface area contributed by atoms with Crippen molar-refractivity contribution < 1.29 is 4.92 Å². The van der Waals surface area contributed by atoms with Crippen LogP contribution >= 0.6 is 0 Å². The summed E-state index contributed by atoms with van der Waals surface area (Å²) in [5.41, 5.74) is 4.91. The summed E-state index contributed by atoms with van der Waals surface area (Å²) in [6.07, 6.45) is 0. The fraction of sp³-hybridized carbons (Fsp3) is 0.200. The van der Waals surface area contributed by atoms with E-state index in [1.165, 1.54) is 0 Å². The first-order valence-electron chi connectivity index (χ1n) is 6.64. The summed E-state index contributed by atoms with van der Waals surface area (Å²) in [6.45, 7) is 4.20. The number of anilines is 3. The van der Waals surface area contributed by atoms with Gasteiger partial charge in [-0.15, -0.1) is 0 Å². The molecule has 0 radical (unpaired) electrons. The van der Waals surface area contributed by atoms with Crippen LogP contribution in [0.2, 0.25) is 0 Å². The van der Waals surface area contributed by atoms with E-state index >= 15 is 0 Å². The molecule has 0 fully saturated rings. The summed E-state index contributed by atoms with van der Waals surface area (Å²) in [7, 11) is 0. The van der Waals surface area contributed by atoms with Gasteiger partial charge in [0.15, 0.2) is 0 Å². The lowest BCUT2D eigenvalue weighted by atomic mass is 10.0. The molecule has 0 atom stereocenters. The third kappa shape index (κ3) is 3.29. The summed E-state index contributed by atoms with van der Waals surface area (Å²) in [5, 5.41) is 14.3. The minimum Gasteiger partial charge on any atom is -0.350 e. The van der Waals surface area contributed by atoms with Gasteiger partial charge < -0.3 is 10.7 Å². The maximum Gasteiger partial charge on any atom is 0.316 e. The van der Waals surface area contributed by atoms with Crippen LogP contribution in [0, 0.1) is 10.1 Å². The smallest absolute Gasteiger partial charge is 0.316 e. The number of benzene rings is 2. The number of para-hydroxylation sites is 1. The molecular weight excluding hydrogens is 268 g/mol. The number of hydrazine groups is 1. The molecule has 21 heavy (non-hydrogen) atoms. The van der Waals surface area contributed by atoms with E-state index in [0.717, 1.165) is 11.3 Å². The lowest BCUT2D eigenvalue weighted by Gasteiger charge is -2.12. The molecule has 110 valence electrons. The van der Waals surface area contributed by atoms with Gasteiger partial charge in [-0.25, -0.2) is 0 Å². The van der Waals surface area contributed by atoms with Crippen molar-refractivity contribution in [3.8, 4) is 0 Å². The van der Waals surface area contributed by atoms with Gasteiger partial charge in [0.1, 0.15) is 11.4 Å². The zero-order valence-corrected chi connectivity index (χ0v) is 12.0. The fourth-order valence-electron chi connectivity index (χ4n) is 2.09. The Kier molecular flexibility index (Phi) is 4.39. The molecule has 0 bridgehead atoms. The number of nitro groups is 1. The minimum atomic E-state index is -0.455. The first kappa shape index (κ1) is 14.8. The van der Waals surface area contributed by atoms with Crippen molar-refractivity contribution in [2.45, 2.75) is 19.8 Å². The normalized spacial score (nSPS) is 10.5. The summed E-state index contributed by atoms with van der Waals surface area (Å²) in [5.74, 6) is 5.72. The Morgan fingerprint density at radius 1 is 1.14 bits per heavy atom. The van der Waals surface area contributed by atoms with Crippen LogP contribution in [0.1, 0.15) is 25.3 Å². The van der Waals surface area contributed by atoms with Crippen molar-refractivity contribution in [3.05, 3.63) is 58.1 Å². The third-order valence-corrected chi connectivity index (χ3v) is 3.21. The van der Waals surface area contributed by atoms with Crippen molar-refractivity contribution in [2.24, 2.45) is 5.84 Å². The monoisotopic (exact) mass is 286 g/mol. The van der Waals surface area contributed by atoms with Crippen molar-refractivity contribution >= 4 is 22.7 Å². The molecule has 0 amide bonds. The maximum absolute atomic E-state index is 11.2. The second-order valence-corrected chi connectivity index (χ2v) is 5.01. The average molecular weight is 286 g/mol. The van der Waals surface area contributed by atoms with Gasteiger partial charge >= 0.3 is 5.69 Å². The Bertz CT molecular complexity index is 656. The van der Waals surface area contributed by atoms with E-state index in [1.807, 2.05) is 24.3 Å². The molecule has 0 aliphatic rings. The van der Waals surface area contributed by atoms with Crippen LogP contribution in [0.5, 0.6) is 0 Å². The number of nitrogens with zero attached hydrogens (tertiary/aromatic N) is 1. The topological polar surface area (TPSA) is 93.2 Å². The molecule has 0 spiro atoms. The van der Waals surface area contributed by atoms with E-state index in [-0.39, 0.29) is 11.4 Å². The van der Waals surface area contributed by atoms with Gasteiger partial charge in [-0.3, -0.25) is 16.0 Å². The minimum absolute atomic E-state index is 0.0741. The standard InChI is InChI=1S/C15H18N4O2/c1-10(2)11-5-3-6-12(9-11)17-13-7-4-8-14(18-16)15(13)19(20)21/h3-10,17-18H,16H2,1-2H3. The van der Waals surface area contributed by atoms with E-state index in [9.17, 15) is 10.1 Å². The molecule has 0 aromatic heterocycles. The molecule has 0 saturated heterocycles. The Hall–Kier alpha value is -2.60. The lowest BCUT2D eigenvalue weighted by molar-refractivity contribution is -0.383. The zero-order chi connectivity index (χ0) is 15.4. The number of hydrogen-bond acceptors (Lipinski definition) is 5. The van der Waals surface area contributed by atoms with Crippen LogP contribution in [0.15, 0.2) is 42.5 Å². The molecule has 0 saturated carbocycles. The number of nitrogens with one attached hydrogen (secondary N) is 2. The fourth-order valence-corrected chi connectivity index (χ4v) is 2.09. The molecule has 6 nitrogen and oxygen atoms in total. The zero-order valence-electron chi connectivity index (χ0n) is 12.0. The number of nitrogen functional groups attached to an aromatic ring is 1. The number of rotatable bonds is 5. The summed E-state index contributed by atoms with van der Waals surface area (Å²) >= 11 is 0. The van der Waals surface area contributed by atoms with Gasteiger partial charge in [-0.2, -0.15) is 0 Å². The average Bonchev–Trinajstić information content (AvgIpc) is 2.46. The highest BCUT2D eigenvalue weighted by Crippen LogP contribution is 2.34. The molecule has 6 heteroatoms. The first-order valence-corrected chi connectivity index (χ1v) is 6.64. The van der Waals surface area contributed by atoms with Crippen molar-refractivity contribution in [3.63, 3.8) is 0 Å². The molecule has 4 N–H and O–H groups in total. The Balaban J connectivity index is 2.40. The van der Waals surface area contributed by atoms with Gasteiger partial charge in [0.2, 0.25) is 0 Å². The highest BCUT2D eigenvalue weighted by Gasteiger charge is 2.19. The van der Waals surface area contributed by atoms with Crippen molar-refractivity contribution in [2.75, 3.05) is 10.7 Å². The highest BCUT2D eigenvalue weighted by atomic mass is 16.6. The summed E-state index contributed by atoms with van der Waals surface area (Å²) in [6, 6.07) is 12.7. The SMILES string of the molecule is CC(C)c1cccc(Nc2cccc(NN)c2[N+](=O)[O-])c1. The van der Waals surface area contributed by atoms with Gasteiger partial charge in [0.25, 0.3) is 0 Å². The highest BCUT2D eigenvalue weighted by molar-refractivity contribution is 5.79. The van der Waals surface area contributed by atoms with Crippen LogP contribution in [0.4, 0.5) is 22.7 Å². The first-order chi connectivity index (χ1) is 10.0. The largest absolute Gasteiger partial charge is 0.350 e. The Labute approximate surface area is 123 Å². The maximum atomic E-state index is 11.2. The van der Waals surface area contributed by atoms with Gasteiger partial charge in [0, 0.05) is 5.69 Å². The van der Waals surface area contributed by atoms with E-state index in [2.05, 4.69) is 24.6 Å². The van der Waals surface area contributed by atoms with E-state index in [1.54, 1.807) is 18.2 Å². The van der Waals surface area contributed by atoms with Crippen LogP contribution in [0.3, 0.4) is 0 Å². The molecule has 2 rings (SSSR count). The predicted molar refractivity (Wildman–Crippen MR) is 84.7 cm³/mol. The molecule has 0 heterocycles. The number of hydrogen-bond donors (Lipinski definition) is 3. The summed E-state index contributed by atoms with van der Waals surface area (Å²) < 4.78 is 0. The van der Waals surface area contributed by atoms with E-state index < -0.39 is 4.92 Å². The van der Waals surface area contributed by atoms with Gasteiger partial charge in [-0.05, 0) is 35.7 Å². The molecule has 0 unspecified atom stereocenters. The second kappa shape index (κ2) is 6.23. The second-order valence-electron chi connectivity index (χ2n) is 5.01. The quantitative estimate of drug-likeness (QED) is 0.442. The number of nitro benzene ring substituents is 1. The van der Waals surface area contributed by atoms with E-state index in [0.29, 0.717) is 11.6 Å². The molecule has 0 aliphatic heterocycles. The van der Waals surface area contributed by atoms with Crippen LogP contribution in [-0.4, -0.2) is 4.92 Å². The third-order valence-electron chi connectivity index (χ3n) is 3.21. The molecular formula is C15H18N4O2. The lowest BCUT2D eigenvalue weighted by Crippen LogP contribution is -2.10. The molecule has 2 aromatic carbocycles. The van der Waals surface area contributed by atoms with Crippen LogP contribution in [0.25, 0.3) is 0 Å². The summed E-state index contributed by atoms with van der Waals surface area (Å²) in [4.78, 5) is 10.8. The van der Waals surface area contributed by atoms with Crippen molar-refractivity contribution in [1.29, 1.82) is 0 Å². The number of nitrogens with two attached hydrogens (primary N) is 1. The predicted octanol–water partition coefficient (Wildman–Crippen LogP) is 3.75.